The second-order valence-electron chi connectivity index (χ2n) is 13.0. The summed E-state index contributed by atoms with van der Waals surface area (Å²) in [5, 5.41) is 2.90. The first-order valence-electron chi connectivity index (χ1n) is 18.0. The topological polar surface area (TPSA) is 23.8 Å². The minimum atomic E-state index is 0. The van der Waals surface area contributed by atoms with E-state index < -0.39 is 0 Å². The van der Waals surface area contributed by atoms with E-state index in [1.54, 1.807) is 0 Å². The van der Waals surface area contributed by atoms with Gasteiger partial charge >= 0.3 is 21.7 Å². The van der Waals surface area contributed by atoms with Crippen LogP contribution in [-0.2, 0) is 21.7 Å². The van der Waals surface area contributed by atoms with Crippen molar-refractivity contribution in [3.8, 4) is 11.1 Å². The fourth-order valence-corrected chi connectivity index (χ4v) is 7.09. The Morgan fingerprint density at radius 3 is 1.15 bits per heavy atom. The Morgan fingerprint density at radius 2 is 0.854 bits per heavy atom. The quantitative estimate of drug-likeness (QED) is 0.151. The molecular formula is C45H58NSiTi. The van der Waals surface area contributed by atoms with E-state index in [0.29, 0.717) is 5.92 Å². The summed E-state index contributed by atoms with van der Waals surface area (Å²) in [6, 6.07) is 42.4. The molecule has 48 heavy (non-hydrogen) atoms. The maximum Gasteiger partial charge on any atom is 2.00 e. The third-order valence-electron chi connectivity index (χ3n) is 9.16. The Balaban J connectivity index is 0.000000223. The van der Waals surface area contributed by atoms with E-state index in [1.165, 1.54) is 96.0 Å². The molecule has 0 heterocycles. The van der Waals surface area contributed by atoms with E-state index in [-0.39, 0.29) is 37.3 Å². The summed E-state index contributed by atoms with van der Waals surface area (Å²) in [5.74, 6) is 0.560. The number of nitrogens with one attached hydrogen (secondary N) is 1. The Kier molecular flexibility index (Phi) is 21.8. The molecule has 0 aromatic heterocycles. The van der Waals surface area contributed by atoms with Crippen molar-refractivity contribution in [2.45, 2.75) is 104 Å². The average molecular weight is 689 g/mol. The van der Waals surface area contributed by atoms with Crippen molar-refractivity contribution in [2.24, 2.45) is 5.92 Å². The van der Waals surface area contributed by atoms with Crippen LogP contribution in [-0.4, -0.2) is 15.6 Å². The van der Waals surface area contributed by atoms with Gasteiger partial charge in [-0.2, -0.15) is 11.1 Å². The van der Waals surface area contributed by atoms with Gasteiger partial charge in [0.15, 0.2) is 0 Å². The van der Waals surface area contributed by atoms with Crippen molar-refractivity contribution >= 4 is 19.9 Å². The van der Waals surface area contributed by atoms with Crippen LogP contribution in [0.15, 0.2) is 138 Å². The zero-order chi connectivity index (χ0) is 33.5. The van der Waals surface area contributed by atoms with Crippen molar-refractivity contribution in [3.05, 3.63) is 150 Å². The largest absolute Gasteiger partial charge is 2.00 e. The van der Waals surface area contributed by atoms with Gasteiger partial charge in [-0.1, -0.05) is 229 Å². The van der Waals surface area contributed by atoms with Crippen LogP contribution in [0.1, 0.15) is 98.3 Å². The molecule has 4 aromatic carbocycles. The van der Waals surface area contributed by atoms with Crippen LogP contribution in [0.25, 0.3) is 16.9 Å². The molecule has 0 amide bonds. The van der Waals surface area contributed by atoms with Crippen LogP contribution in [0.4, 0.5) is 0 Å². The first-order valence-corrected chi connectivity index (χ1v) is 19.1. The van der Waals surface area contributed by atoms with Crippen LogP contribution in [0.3, 0.4) is 0 Å². The summed E-state index contributed by atoms with van der Waals surface area (Å²) in [6.45, 7) is 8.67. The maximum atomic E-state index is 7.80. The van der Waals surface area contributed by atoms with Gasteiger partial charge in [0.05, 0.1) is 0 Å². The molecule has 2 aliphatic carbocycles. The van der Waals surface area contributed by atoms with E-state index in [0.717, 1.165) is 12.8 Å². The molecule has 4 aromatic rings. The second kappa shape index (κ2) is 25.3. The summed E-state index contributed by atoms with van der Waals surface area (Å²) in [6.07, 6.45) is 18.1. The normalized spacial score (nSPS) is 16.9. The molecule has 1 saturated carbocycles. The summed E-state index contributed by atoms with van der Waals surface area (Å²) in [4.78, 5) is 0. The van der Waals surface area contributed by atoms with Gasteiger partial charge in [-0.15, -0.1) is 13.0 Å². The minimum Gasteiger partial charge on any atom is -0.675 e. The summed E-state index contributed by atoms with van der Waals surface area (Å²) in [5.41, 5.74) is 14.6. The number of rotatable bonds is 3. The molecule has 1 atom stereocenters. The predicted octanol–water partition coefficient (Wildman–Crippen LogP) is 11.9. The molecule has 6 rings (SSSR count). The van der Waals surface area contributed by atoms with E-state index in [9.17, 15) is 0 Å². The molecule has 2 aliphatic rings. The number of hydrogen-bond acceptors (Lipinski definition) is 0. The Morgan fingerprint density at radius 1 is 0.521 bits per heavy atom. The molecule has 1 unspecified atom stereocenters. The van der Waals surface area contributed by atoms with Gasteiger partial charge in [-0.25, -0.2) is 5.57 Å². The van der Waals surface area contributed by atoms with Crippen molar-refractivity contribution < 1.29 is 21.7 Å². The van der Waals surface area contributed by atoms with Crippen molar-refractivity contribution in [1.29, 1.82) is 0 Å². The fraction of sp³-hybridized carbons (Fsp3) is 0.378. The molecule has 1 N–H and O–H groups in total. The molecule has 251 valence electrons. The number of hydrogen-bond donors (Lipinski definition) is 0. The van der Waals surface area contributed by atoms with Crippen molar-refractivity contribution in [3.63, 3.8) is 0 Å². The maximum absolute atomic E-state index is 7.80. The molecule has 0 aliphatic heterocycles. The van der Waals surface area contributed by atoms with Crippen LogP contribution in [0.2, 0.25) is 0 Å². The second-order valence-corrected chi connectivity index (χ2v) is 14.6. The van der Waals surface area contributed by atoms with Crippen LogP contribution < -0.4 is 10.4 Å². The Bertz CT molecular complexity index is 1330. The molecule has 1 fully saturated rings. The standard InChI is InChI=1S/C12H24N.C12H11Si.C12H10.C9H13.Ti/c13-12-10-8-6-4-2-1-3-5-7-9-11-12;1-3-7-11(8-4-1)13-12-9-5-2-6-10-12;1-3-7-11(8-4-1)12-9-5-2-6-10-12;1-6-5-7(2)9(4)8(6)3;/h12-13H,1-11H2;1-10,13H;1-10H;6H,1-4H3;/q-1;;;-1;+2. The van der Waals surface area contributed by atoms with Crippen LogP contribution >= 0.6 is 0 Å². The van der Waals surface area contributed by atoms with Gasteiger partial charge in [0.2, 0.25) is 0 Å². The van der Waals surface area contributed by atoms with E-state index in [2.05, 4.69) is 143 Å². The predicted molar refractivity (Wildman–Crippen MR) is 210 cm³/mol. The van der Waals surface area contributed by atoms with E-state index in [1.807, 2.05) is 12.1 Å². The van der Waals surface area contributed by atoms with Gasteiger partial charge in [0.25, 0.3) is 0 Å². The van der Waals surface area contributed by atoms with Crippen molar-refractivity contribution in [1.82, 2.24) is 0 Å². The monoisotopic (exact) mass is 688 g/mol. The summed E-state index contributed by atoms with van der Waals surface area (Å²) >= 11 is 0. The Labute approximate surface area is 311 Å². The molecule has 1 nitrogen and oxygen atoms in total. The smallest absolute Gasteiger partial charge is 0.675 e. The molecule has 0 spiro atoms. The van der Waals surface area contributed by atoms with Gasteiger partial charge in [0, 0.05) is 0 Å². The zero-order valence-corrected chi connectivity index (χ0v) is 32.8. The van der Waals surface area contributed by atoms with Gasteiger partial charge in [-0.05, 0) is 11.1 Å². The number of benzene rings is 4. The van der Waals surface area contributed by atoms with Crippen molar-refractivity contribution in [2.75, 3.05) is 0 Å². The van der Waals surface area contributed by atoms with Crippen LogP contribution in [0, 0.1) is 12.0 Å². The van der Waals surface area contributed by atoms with E-state index >= 15 is 0 Å². The average Bonchev–Trinajstić information content (AvgIpc) is 3.33. The van der Waals surface area contributed by atoms with Gasteiger partial charge in [0.1, 0.15) is 9.52 Å². The molecule has 0 saturated heterocycles. The van der Waals surface area contributed by atoms with Gasteiger partial charge < -0.3 is 5.73 Å². The number of allylic oxidation sites excluding steroid dienone is 4. The first-order chi connectivity index (χ1) is 22.9. The fourth-order valence-electron chi connectivity index (χ4n) is 5.88. The third kappa shape index (κ3) is 17.1. The Hall–Kier alpha value is -2.75. The molecule has 0 bridgehead atoms. The third-order valence-corrected chi connectivity index (χ3v) is 10.6. The molecular weight excluding hydrogens is 630 g/mol. The van der Waals surface area contributed by atoms with E-state index in [4.69, 9.17) is 5.73 Å². The summed E-state index contributed by atoms with van der Waals surface area (Å²) in [7, 11) is 0.271. The summed E-state index contributed by atoms with van der Waals surface area (Å²) < 4.78 is 0. The minimum absolute atomic E-state index is 0. The SMILES string of the molecule is CC1=[C-]C(C)C(C)=C1C.[NH-]C1CCCCCCCCCCC1.[Ti+2].c1ccc(-c2ccccc2)cc1.c1ccc([SiH]c2ccccc2)cc1. The zero-order valence-electron chi connectivity index (χ0n) is 30.1. The van der Waals surface area contributed by atoms with Crippen LogP contribution in [0.5, 0.6) is 0 Å². The molecule has 1 radical (unpaired) electrons. The molecule has 3 heteroatoms. The first kappa shape index (κ1) is 41.4. The van der Waals surface area contributed by atoms with Gasteiger partial charge in [-0.3, -0.25) is 6.08 Å².